The molecule has 22 heavy (non-hydrogen) atoms. The number of hydrogen-bond donors (Lipinski definition) is 2. The molecule has 2 aromatic rings. The number of hydrogen-bond acceptors (Lipinski definition) is 3. The molecule has 0 aliphatic carbocycles. The minimum absolute atomic E-state index is 0. The normalized spacial score (nSPS) is 11.5. The molecule has 0 aliphatic rings. The number of nitrogens with two attached hydrogens (primary N) is 1. The van der Waals surface area contributed by atoms with E-state index in [9.17, 15) is 4.79 Å². The number of aromatic nitrogens is 1. The van der Waals surface area contributed by atoms with Crippen LogP contribution in [0.1, 0.15) is 45.7 Å². The number of rotatable bonds is 4. The molecule has 1 heterocycles. The molecule has 4 nitrogen and oxygen atoms in total. The van der Waals surface area contributed by atoms with Gasteiger partial charge in [0.05, 0.1) is 11.7 Å². The van der Waals surface area contributed by atoms with E-state index in [1.54, 1.807) is 18.3 Å². The third-order valence-corrected chi connectivity index (χ3v) is 3.53. The Hall–Kier alpha value is -1.91. The van der Waals surface area contributed by atoms with Crippen molar-refractivity contribution in [2.24, 2.45) is 5.73 Å². The third kappa shape index (κ3) is 4.29. The van der Waals surface area contributed by atoms with E-state index in [2.05, 4.69) is 42.3 Å². The summed E-state index contributed by atoms with van der Waals surface area (Å²) in [6.07, 6.45) is 1.61. The van der Waals surface area contributed by atoms with Gasteiger partial charge in [0.15, 0.2) is 0 Å². The van der Waals surface area contributed by atoms with Gasteiger partial charge in [-0.3, -0.25) is 9.78 Å². The Morgan fingerprint density at radius 1 is 1.27 bits per heavy atom. The fourth-order valence-electron chi connectivity index (χ4n) is 2.40. The lowest BCUT2D eigenvalue weighted by atomic mass is 10.00. The highest BCUT2D eigenvalue weighted by Crippen LogP contribution is 2.19. The first kappa shape index (κ1) is 18.1. The average molecular weight is 320 g/mol. The largest absolute Gasteiger partial charge is 0.346 e. The van der Waals surface area contributed by atoms with Crippen molar-refractivity contribution in [3.8, 4) is 0 Å². The lowest BCUT2D eigenvalue weighted by molar-refractivity contribution is 0.0939. The zero-order chi connectivity index (χ0) is 15.4. The molecule has 0 radical (unpaired) electrons. The summed E-state index contributed by atoms with van der Waals surface area (Å²) >= 11 is 0. The Balaban J connectivity index is 0.00000242. The van der Waals surface area contributed by atoms with Crippen LogP contribution in [0.25, 0.3) is 0 Å². The van der Waals surface area contributed by atoms with Gasteiger partial charge in [-0.1, -0.05) is 23.8 Å². The molecule has 0 spiro atoms. The van der Waals surface area contributed by atoms with Crippen molar-refractivity contribution in [2.45, 2.75) is 33.4 Å². The fraction of sp³-hybridized carbons (Fsp3) is 0.294. The topological polar surface area (TPSA) is 68.0 Å². The van der Waals surface area contributed by atoms with Gasteiger partial charge in [0.2, 0.25) is 0 Å². The number of carbonyl (C=O) groups is 1. The first-order valence-corrected chi connectivity index (χ1v) is 7.04. The number of halogens is 1. The van der Waals surface area contributed by atoms with E-state index < -0.39 is 0 Å². The van der Waals surface area contributed by atoms with E-state index in [1.807, 2.05) is 6.92 Å². The minimum Gasteiger partial charge on any atom is -0.346 e. The summed E-state index contributed by atoms with van der Waals surface area (Å²) in [5.74, 6) is -0.112. The quantitative estimate of drug-likeness (QED) is 0.910. The molecule has 1 atom stereocenters. The smallest absolute Gasteiger partial charge is 0.251 e. The van der Waals surface area contributed by atoms with Gasteiger partial charge in [0.1, 0.15) is 0 Å². The zero-order valence-electron chi connectivity index (χ0n) is 13.1. The second kappa shape index (κ2) is 7.92. The standard InChI is InChI=1S/C17H21N3O.ClH/c1-11-4-5-16(12(2)8-11)13(3)20-17(21)14-6-7-19-15(9-14)10-18;/h4-9,13H,10,18H2,1-3H3,(H,20,21);1H. The number of amides is 1. The summed E-state index contributed by atoms with van der Waals surface area (Å²) in [7, 11) is 0. The van der Waals surface area contributed by atoms with E-state index in [-0.39, 0.29) is 24.4 Å². The lowest BCUT2D eigenvalue weighted by Gasteiger charge is -2.17. The minimum atomic E-state index is -0.112. The van der Waals surface area contributed by atoms with Crippen LogP contribution in [0.4, 0.5) is 0 Å². The van der Waals surface area contributed by atoms with Crippen LogP contribution >= 0.6 is 12.4 Å². The first-order valence-electron chi connectivity index (χ1n) is 7.04. The highest BCUT2D eigenvalue weighted by molar-refractivity contribution is 5.94. The summed E-state index contributed by atoms with van der Waals surface area (Å²) in [5.41, 5.74) is 10.4. The summed E-state index contributed by atoms with van der Waals surface area (Å²) in [6.45, 7) is 6.43. The Labute approximate surface area is 137 Å². The summed E-state index contributed by atoms with van der Waals surface area (Å²) < 4.78 is 0. The lowest BCUT2D eigenvalue weighted by Crippen LogP contribution is -2.27. The highest BCUT2D eigenvalue weighted by Gasteiger charge is 2.13. The predicted molar refractivity (Wildman–Crippen MR) is 91.2 cm³/mol. The summed E-state index contributed by atoms with van der Waals surface area (Å²) in [6, 6.07) is 9.62. The van der Waals surface area contributed by atoms with Gasteiger partial charge in [0.25, 0.3) is 5.91 Å². The molecule has 3 N–H and O–H groups in total. The van der Waals surface area contributed by atoms with Gasteiger partial charge in [-0.25, -0.2) is 0 Å². The van der Waals surface area contributed by atoms with Gasteiger partial charge in [-0.2, -0.15) is 0 Å². The third-order valence-electron chi connectivity index (χ3n) is 3.53. The molecule has 0 bridgehead atoms. The van der Waals surface area contributed by atoms with Crippen molar-refractivity contribution in [2.75, 3.05) is 0 Å². The summed E-state index contributed by atoms with van der Waals surface area (Å²) in [4.78, 5) is 16.4. The van der Waals surface area contributed by atoms with Crippen LogP contribution in [-0.4, -0.2) is 10.9 Å². The predicted octanol–water partition coefficient (Wildman–Crippen LogP) is 3.07. The monoisotopic (exact) mass is 319 g/mol. The molecular formula is C17H22ClN3O. The number of carbonyl (C=O) groups excluding carboxylic acids is 1. The molecule has 0 fully saturated rings. The zero-order valence-corrected chi connectivity index (χ0v) is 13.9. The maximum atomic E-state index is 12.3. The highest BCUT2D eigenvalue weighted by atomic mass is 35.5. The maximum absolute atomic E-state index is 12.3. The second-order valence-corrected chi connectivity index (χ2v) is 5.30. The van der Waals surface area contributed by atoms with Crippen molar-refractivity contribution in [3.63, 3.8) is 0 Å². The van der Waals surface area contributed by atoms with Crippen LogP contribution in [-0.2, 0) is 6.54 Å². The molecule has 1 amide bonds. The molecule has 1 aromatic carbocycles. The van der Waals surface area contributed by atoms with Crippen LogP contribution in [0.2, 0.25) is 0 Å². The summed E-state index contributed by atoms with van der Waals surface area (Å²) in [5, 5.41) is 3.02. The van der Waals surface area contributed by atoms with Gasteiger partial charge in [0, 0.05) is 18.3 Å². The van der Waals surface area contributed by atoms with Crippen LogP contribution in [0, 0.1) is 13.8 Å². The number of aryl methyl sites for hydroxylation is 2. The van der Waals surface area contributed by atoms with Gasteiger partial charge >= 0.3 is 0 Å². The van der Waals surface area contributed by atoms with Crippen LogP contribution in [0.5, 0.6) is 0 Å². The van der Waals surface area contributed by atoms with Crippen molar-refractivity contribution >= 4 is 18.3 Å². The maximum Gasteiger partial charge on any atom is 0.251 e. The molecule has 0 saturated heterocycles. The van der Waals surface area contributed by atoms with E-state index >= 15 is 0 Å². The molecule has 5 heteroatoms. The van der Waals surface area contributed by atoms with Gasteiger partial charge < -0.3 is 11.1 Å². The Morgan fingerprint density at radius 3 is 2.64 bits per heavy atom. The molecular weight excluding hydrogens is 298 g/mol. The number of nitrogens with zero attached hydrogens (tertiary/aromatic N) is 1. The molecule has 1 aromatic heterocycles. The van der Waals surface area contributed by atoms with Crippen LogP contribution in [0.15, 0.2) is 36.5 Å². The SMILES string of the molecule is Cc1ccc(C(C)NC(=O)c2ccnc(CN)c2)c(C)c1.Cl. The van der Waals surface area contributed by atoms with Crippen LogP contribution in [0.3, 0.4) is 0 Å². The van der Waals surface area contributed by atoms with Crippen molar-refractivity contribution in [1.82, 2.24) is 10.3 Å². The molecule has 2 rings (SSSR count). The van der Waals surface area contributed by atoms with Gasteiger partial charge in [-0.05, 0) is 44.0 Å². The van der Waals surface area contributed by atoms with E-state index in [4.69, 9.17) is 5.73 Å². The molecule has 118 valence electrons. The van der Waals surface area contributed by atoms with Crippen LogP contribution < -0.4 is 11.1 Å². The van der Waals surface area contributed by atoms with Crippen molar-refractivity contribution in [3.05, 3.63) is 64.5 Å². The Kier molecular flexibility index (Phi) is 6.53. The van der Waals surface area contributed by atoms with E-state index in [1.165, 1.54) is 11.1 Å². The molecule has 1 unspecified atom stereocenters. The first-order chi connectivity index (χ1) is 10.0. The number of nitrogens with one attached hydrogen (secondary N) is 1. The average Bonchev–Trinajstić information content (AvgIpc) is 2.47. The molecule has 0 saturated carbocycles. The van der Waals surface area contributed by atoms with E-state index in [0.29, 0.717) is 17.8 Å². The van der Waals surface area contributed by atoms with Crippen molar-refractivity contribution in [1.29, 1.82) is 0 Å². The molecule has 0 aliphatic heterocycles. The number of benzene rings is 1. The fourth-order valence-corrected chi connectivity index (χ4v) is 2.40. The van der Waals surface area contributed by atoms with Crippen molar-refractivity contribution < 1.29 is 4.79 Å². The van der Waals surface area contributed by atoms with Gasteiger partial charge in [-0.15, -0.1) is 12.4 Å². The second-order valence-electron chi connectivity index (χ2n) is 5.30. The number of pyridine rings is 1. The Morgan fingerprint density at radius 2 is 2.00 bits per heavy atom. The van der Waals surface area contributed by atoms with E-state index in [0.717, 1.165) is 5.56 Å². The Bertz CT molecular complexity index is 658.